The van der Waals surface area contributed by atoms with Gasteiger partial charge in [-0.2, -0.15) is 0 Å². The van der Waals surface area contributed by atoms with Gasteiger partial charge in [-0.3, -0.25) is 0 Å². The molecule has 0 radical (unpaired) electrons. The molecule has 2 rings (SSSR count). The van der Waals surface area contributed by atoms with E-state index in [4.69, 9.17) is 4.74 Å². The molecule has 0 aromatic heterocycles. The summed E-state index contributed by atoms with van der Waals surface area (Å²) in [6.45, 7) is 8.68. The van der Waals surface area contributed by atoms with Crippen molar-refractivity contribution < 1.29 is 4.74 Å². The van der Waals surface area contributed by atoms with Crippen molar-refractivity contribution in [2.24, 2.45) is 5.41 Å². The normalized spacial score (nSPS) is 17.3. The number of benzene rings is 1. The van der Waals surface area contributed by atoms with Crippen LogP contribution in [0.2, 0.25) is 0 Å². The van der Waals surface area contributed by atoms with Crippen LogP contribution in [-0.4, -0.2) is 13.2 Å². The molecule has 1 N–H and O–H groups in total. The third-order valence-electron chi connectivity index (χ3n) is 3.98. The SMILES string of the molecule is C=CCOc1ccc(CNCC2(C)CCCC2)cc1. The molecule has 0 amide bonds. The average Bonchev–Trinajstić information content (AvgIpc) is 2.85. The molecule has 0 heterocycles. The zero-order valence-corrected chi connectivity index (χ0v) is 12.0. The Kier molecular flexibility index (Phi) is 5.03. The summed E-state index contributed by atoms with van der Waals surface area (Å²) in [5.41, 5.74) is 1.83. The van der Waals surface area contributed by atoms with E-state index in [2.05, 4.69) is 31.0 Å². The highest BCUT2D eigenvalue weighted by atomic mass is 16.5. The highest BCUT2D eigenvalue weighted by Crippen LogP contribution is 2.36. The third-order valence-corrected chi connectivity index (χ3v) is 3.98. The second-order valence-electron chi connectivity index (χ2n) is 5.86. The highest BCUT2D eigenvalue weighted by Gasteiger charge is 2.27. The summed E-state index contributed by atoms with van der Waals surface area (Å²) in [6.07, 6.45) is 7.29. The molecule has 1 saturated carbocycles. The van der Waals surface area contributed by atoms with Crippen LogP contribution in [0.5, 0.6) is 5.75 Å². The topological polar surface area (TPSA) is 21.3 Å². The Bertz CT molecular complexity index is 390. The van der Waals surface area contributed by atoms with Gasteiger partial charge in [0.1, 0.15) is 12.4 Å². The zero-order valence-electron chi connectivity index (χ0n) is 12.0. The van der Waals surface area contributed by atoms with Crippen LogP contribution in [0.4, 0.5) is 0 Å². The predicted molar refractivity (Wildman–Crippen MR) is 80.4 cm³/mol. The van der Waals surface area contributed by atoms with E-state index in [-0.39, 0.29) is 0 Å². The molecule has 1 aliphatic carbocycles. The minimum Gasteiger partial charge on any atom is -0.490 e. The van der Waals surface area contributed by atoms with Crippen molar-refractivity contribution in [1.82, 2.24) is 5.32 Å². The fourth-order valence-electron chi connectivity index (χ4n) is 2.77. The Balaban J connectivity index is 1.75. The molecule has 0 saturated heterocycles. The minimum atomic E-state index is 0.521. The summed E-state index contributed by atoms with van der Waals surface area (Å²) in [4.78, 5) is 0. The van der Waals surface area contributed by atoms with Crippen molar-refractivity contribution >= 4 is 0 Å². The summed E-state index contributed by atoms with van der Waals surface area (Å²) in [5.74, 6) is 0.909. The van der Waals surface area contributed by atoms with Gasteiger partial charge < -0.3 is 10.1 Å². The van der Waals surface area contributed by atoms with Gasteiger partial charge in [0.05, 0.1) is 0 Å². The smallest absolute Gasteiger partial charge is 0.119 e. The van der Waals surface area contributed by atoms with Crippen LogP contribution in [0.3, 0.4) is 0 Å². The fraction of sp³-hybridized carbons (Fsp3) is 0.529. The number of rotatable bonds is 7. The van der Waals surface area contributed by atoms with Crippen LogP contribution in [-0.2, 0) is 6.54 Å². The van der Waals surface area contributed by atoms with E-state index in [9.17, 15) is 0 Å². The van der Waals surface area contributed by atoms with Crippen molar-refractivity contribution in [3.8, 4) is 5.75 Å². The van der Waals surface area contributed by atoms with Crippen LogP contribution in [0.25, 0.3) is 0 Å². The van der Waals surface area contributed by atoms with E-state index in [0.29, 0.717) is 12.0 Å². The van der Waals surface area contributed by atoms with Crippen LogP contribution in [0.1, 0.15) is 38.2 Å². The van der Waals surface area contributed by atoms with Crippen molar-refractivity contribution in [2.75, 3.05) is 13.2 Å². The first-order valence-corrected chi connectivity index (χ1v) is 7.25. The van der Waals surface area contributed by atoms with E-state index >= 15 is 0 Å². The summed E-state index contributed by atoms with van der Waals surface area (Å²) < 4.78 is 5.47. The van der Waals surface area contributed by atoms with E-state index in [1.54, 1.807) is 6.08 Å². The van der Waals surface area contributed by atoms with Crippen molar-refractivity contribution in [2.45, 2.75) is 39.2 Å². The number of nitrogens with one attached hydrogen (secondary N) is 1. The van der Waals surface area contributed by atoms with Gasteiger partial charge >= 0.3 is 0 Å². The molecule has 0 bridgehead atoms. The molecular formula is C17H25NO. The second kappa shape index (κ2) is 6.76. The Hall–Kier alpha value is -1.28. The van der Waals surface area contributed by atoms with Crippen molar-refractivity contribution in [1.29, 1.82) is 0 Å². The second-order valence-corrected chi connectivity index (χ2v) is 5.86. The third kappa shape index (κ3) is 4.39. The Morgan fingerprint density at radius 2 is 1.95 bits per heavy atom. The van der Waals surface area contributed by atoms with Gasteiger partial charge in [0.2, 0.25) is 0 Å². The lowest BCUT2D eigenvalue weighted by Crippen LogP contribution is -2.29. The molecule has 0 aliphatic heterocycles. The molecule has 19 heavy (non-hydrogen) atoms. The number of hydrogen-bond donors (Lipinski definition) is 1. The molecule has 1 aromatic rings. The summed E-state index contributed by atoms with van der Waals surface area (Å²) in [6, 6.07) is 8.31. The van der Waals surface area contributed by atoms with E-state index in [1.807, 2.05) is 12.1 Å². The van der Waals surface area contributed by atoms with E-state index < -0.39 is 0 Å². The van der Waals surface area contributed by atoms with Gasteiger partial charge in [-0.25, -0.2) is 0 Å². The maximum Gasteiger partial charge on any atom is 0.119 e. The Labute approximate surface area is 116 Å². The van der Waals surface area contributed by atoms with Gasteiger partial charge in [-0.15, -0.1) is 0 Å². The predicted octanol–water partition coefficient (Wildman–Crippen LogP) is 3.92. The van der Waals surface area contributed by atoms with Crippen LogP contribution in [0.15, 0.2) is 36.9 Å². The molecular weight excluding hydrogens is 234 g/mol. The molecule has 0 unspecified atom stereocenters. The highest BCUT2D eigenvalue weighted by molar-refractivity contribution is 5.27. The first-order valence-electron chi connectivity index (χ1n) is 7.25. The standard InChI is InChI=1S/C17H25NO/c1-3-12-19-16-8-6-15(7-9-16)13-18-14-17(2)10-4-5-11-17/h3,6-9,18H,1,4-5,10-14H2,2H3. The van der Waals surface area contributed by atoms with Gasteiger partial charge in [-0.1, -0.05) is 44.6 Å². The maximum atomic E-state index is 5.47. The van der Waals surface area contributed by atoms with Gasteiger partial charge in [0, 0.05) is 13.1 Å². The molecule has 2 nitrogen and oxygen atoms in total. The molecule has 0 atom stereocenters. The number of ether oxygens (including phenoxy) is 1. The van der Waals surface area contributed by atoms with Crippen LogP contribution in [0, 0.1) is 5.41 Å². The zero-order chi connectivity index (χ0) is 13.6. The van der Waals surface area contributed by atoms with E-state index in [1.165, 1.54) is 31.2 Å². The molecule has 0 spiro atoms. The summed E-state index contributed by atoms with van der Waals surface area (Å²) >= 11 is 0. The minimum absolute atomic E-state index is 0.521. The van der Waals surface area contributed by atoms with Crippen LogP contribution < -0.4 is 10.1 Å². The quantitative estimate of drug-likeness (QED) is 0.749. The molecule has 104 valence electrons. The summed E-state index contributed by atoms with van der Waals surface area (Å²) in [5, 5.41) is 3.59. The average molecular weight is 259 g/mol. The lowest BCUT2D eigenvalue weighted by atomic mass is 9.89. The monoisotopic (exact) mass is 259 g/mol. The Morgan fingerprint density at radius 3 is 2.58 bits per heavy atom. The molecule has 1 aliphatic rings. The fourth-order valence-corrected chi connectivity index (χ4v) is 2.77. The number of hydrogen-bond acceptors (Lipinski definition) is 2. The lowest BCUT2D eigenvalue weighted by Gasteiger charge is -2.23. The maximum absolute atomic E-state index is 5.47. The molecule has 1 aromatic carbocycles. The van der Waals surface area contributed by atoms with Crippen molar-refractivity contribution in [3.63, 3.8) is 0 Å². The van der Waals surface area contributed by atoms with Gasteiger partial charge in [0.15, 0.2) is 0 Å². The van der Waals surface area contributed by atoms with Crippen LogP contribution >= 0.6 is 0 Å². The molecule has 2 heteroatoms. The largest absolute Gasteiger partial charge is 0.490 e. The molecule has 1 fully saturated rings. The Morgan fingerprint density at radius 1 is 1.26 bits per heavy atom. The van der Waals surface area contributed by atoms with E-state index in [0.717, 1.165) is 18.8 Å². The first kappa shape index (κ1) is 14.1. The summed E-state index contributed by atoms with van der Waals surface area (Å²) in [7, 11) is 0. The van der Waals surface area contributed by atoms with Gasteiger partial charge in [0.25, 0.3) is 0 Å². The van der Waals surface area contributed by atoms with Crippen molar-refractivity contribution in [3.05, 3.63) is 42.5 Å². The lowest BCUT2D eigenvalue weighted by molar-refractivity contribution is 0.314. The van der Waals surface area contributed by atoms with Gasteiger partial charge in [-0.05, 0) is 36.0 Å². The first-order chi connectivity index (χ1) is 9.22.